The number of nitrogens with zero attached hydrogens (tertiary/aromatic N) is 2. The summed E-state index contributed by atoms with van der Waals surface area (Å²) in [6, 6.07) is 9.33. The number of nitrogens with one attached hydrogen (secondary N) is 1. The molecule has 1 unspecified atom stereocenters. The van der Waals surface area contributed by atoms with Crippen LogP contribution in [-0.2, 0) is 9.67 Å². The molecular weight excluding hydrogens is 292 g/mol. The maximum atomic E-state index is 11.9. The average Bonchev–Trinajstić information content (AvgIpc) is 2.78. The van der Waals surface area contributed by atoms with Crippen LogP contribution in [0, 0.1) is 0 Å². The molecule has 21 heavy (non-hydrogen) atoms. The number of rotatable bonds is 4. The molecule has 1 heterocycles. The van der Waals surface area contributed by atoms with Gasteiger partial charge in [0.1, 0.15) is 4.87 Å². The van der Waals surface area contributed by atoms with Gasteiger partial charge in [0.2, 0.25) is 5.91 Å². The van der Waals surface area contributed by atoms with Crippen molar-refractivity contribution in [1.29, 1.82) is 0 Å². The lowest BCUT2D eigenvalue weighted by Gasteiger charge is -2.35. The normalized spacial score (nSPS) is 21.0. The lowest BCUT2D eigenvalue weighted by molar-refractivity contribution is -0.132. The van der Waals surface area contributed by atoms with E-state index >= 15 is 0 Å². The standard InChI is InChI=1S/C13H16N4O3S/c1-9(18)17-13(21-11(14)16-17,7-8-15-12(19)20)10-5-3-2-4-6-10/h2-6,15H,7-8H2,1H3,(H2,14,16)(H,19,20). The van der Waals surface area contributed by atoms with Crippen molar-refractivity contribution in [1.82, 2.24) is 10.3 Å². The van der Waals surface area contributed by atoms with E-state index in [1.165, 1.54) is 23.7 Å². The Morgan fingerprint density at radius 1 is 1.43 bits per heavy atom. The molecule has 0 spiro atoms. The van der Waals surface area contributed by atoms with Gasteiger partial charge in [-0.2, -0.15) is 0 Å². The molecule has 112 valence electrons. The molecule has 0 aliphatic carbocycles. The molecule has 0 fully saturated rings. The van der Waals surface area contributed by atoms with Gasteiger partial charge in [-0.3, -0.25) is 4.79 Å². The van der Waals surface area contributed by atoms with E-state index in [0.29, 0.717) is 6.42 Å². The first-order chi connectivity index (χ1) is 9.95. The van der Waals surface area contributed by atoms with Gasteiger partial charge in [0.05, 0.1) is 0 Å². The summed E-state index contributed by atoms with van der Waals surface area (Å²) in [5.74, 6) is -0.248. The van der Waals surface area contributed by atoms with Gasteiger partial charge in [0.15, 0.2) is 5.17 Å². The van der Waals surface area contributed by atoms with Crippen LogP contribution in [0.2, 0.25) is 0 Å². The minimum absolute atomic E-state index is 0.184. The maximum absolute atomic E-state index is 11.9. The smallest absolute Gasteiger partial charge is 0.404 e. The molecule has 1 aromatic rings. The van der Waals surface area contributed by atoms with E-state index in [1.807, 2.05) is 30.3 Å². The van der Waals surface area contributed by atoms with Crippen LogP contribution < -0.4 is 11.1 Å². The van der Waals surface area contributed by atoms with Crippen molar-refractivity contribution in [2.75, 3.05) is 6.54 Å². The molecule has 8 heteroatoms. The molecule has 0 saturated carbocycles. The molecule has 2 amide bonds. The molecule has 2 rings (SSSR count). The van der Waals surface area contributed by atoms with Crippen molar-refractivity contribution in [2.45, 2.75) is 18.2 Å². The summed E-state index contributed by atoms with van der Waals surface area (Å²) in [7, 11) is 0. The van der Waals surface area contributed by atoms with E-state index in [1.54, 1.807) is 0 Å². The van der Waals surface area contributed by atoms with Crippen molar-refractivity contribution < 1.29 is 14.7 Å². The van der Waals surface area contributed by atoms with Crippen LogP contribution in [-0.4, -0.2) is 33.8 Å². The topological polar surface area (TPSA) is 108 Å². The number of carboxylic acid groups (broad SMARTS) is 1. The van der Waals surface area contributed by atoms with E-state index in [4.69, 9.17) is 10.8 Å². The Morgan fingerprint density at radius 3 is 2.67 bits per heavy atom. The molecule has 0 aromatic heterocycles. The second-order valence-corrected chi connectivity index (χ2v) is 5.80. The first-order valence-electron chi connectivity index (χ1n) is 6.32. The van der Waals surface area contributed by atoms with Gasteiger partial charge in [-0.05, 0) is 5.56 Å². The first-order valence-corrected chi connectivity index (χ1v) is 7.13. The van der Waals surface area contributed by atoms with Crippen LogP contribution in [0.1, 0.15) is 18.9 Å². The summed E-state index contributed by atoms with van der Waals surface area (Å²) in [5, 5.41) is 16.7. The van der Waals surface area contributed by atoms with E-state index < -0.39 is 11.0 Å². The molecule has 1 atom stereocenters. The predicted octanol–water partition coefficient (Wildman–Crippen LogP) is 1.32. The average molecular weight is 308 g/mol. The Labute approximate surface area is 126 Å². The fourth-order valence-corrected chi connectivity index (χ4v) is 3.44. The molecule has 0 saturated heterocycles. The Morgan fingerprint density at radius 2 is 2.10 bits per heavy atom. The third-order valence-corrected chi connectivity index (χ3v) is 4.32. The largest absolute Gasteiger partial charge is 0.465 e. The van der Waals surface area contributed by atoms with Crippen molar-refractivity contribution >= 4 is 28.9 Å². The van der Waals surface area contributed by atoms with E-state index in [-0.39, 0.29) is 17.6 Å². The maximum Gasteiger partial charge on any atom is 0.404 e. The number of amidine groups is 1. The predicted molar refractivity (Wildman–Crippen MR) is 80.5 cm³/mol. The van der Waals surface area contributed by atoms with Crippen LogP contribution in [0.3, 0.4) is 0 Å². The number of amides is 2. The van der Waals surface area contributed by atoms with Gasteiger partial charge in [-0.25, -0.2) is 9.80 Å². The molecule has 1 aliphatic rings. The van der Waals surface area contributed by atoms with Crippen LogP contribution >= 0.6 is 11.8 Å². The summed E-state index contributed by atoms with van der Waals surface area (Å²) in [6.45, 7) is 1.59. The molecule has 4 N–H and O–H groups in total. The minimum atomic E-state index is -1.11. The van der Waals surface area contributed by atoms with Crippen LogP contribution in [0.4, 0.5) is 4.79 Å². The Hall–Kier alpha value is -2.22. The summed E-state index contributed by atoms with van der Waals surface area (Å²) in [4.78, 5) is 21.7. The van der Waals surface area contributed by atoms with Crippen LogP contribution in [0.25, 0.3) is 0 Å². The number of hydrogen-bond donors (Lipinski definition) is 3. The molecule has 0 radical (unpaired) electrons. The van der Waals surface area contributed by atoms with Gasteiger partial charge in [0, 0.05) is 19.9 Å². The Balaban J connectivity index is 2.35. The number of hydrazone groups is 1. The van der Waals surface area contributed by atoms with Crippen molar-refractivity contribution in [3.63, 3.8) is 0 Å². The molecule has 1 aromatic carbocycles. The molecule has 0 bridgehead atoms. The van der Waals surface area contributed by atoms with Gasteiger partial charge in [0.25, 0.3) is 0 Å². The van der Waals surface area contributed by atoms with Crippen molar-refractivity contribution in [3.8, 4) is 0 Å². The highest BCUT2D eigenvalue weighted by Gasteiger charge is 2.46. The second kappa shape index (κ2) is 6.04. The number of hydrogen-bond acceptors (Lipinski definition) is 5. The molecule has 1 aliphatic heterocycles. The fraction of sp³-hybridized carbons (Fsp3) is 0.308. The minimum Gasteiger partial charge on any atom is -0.465 e. The van der Waals surface area contributed by atoms with Crippen molar-refractivity contribution in [3.05, 3.63) is 35.9 Å². The highest BCUT2D eigenvalue weighted by molar-refractivity contribution is 8.14. The number of benzene rings is 1. The zero-order valence-corrected chi connectivity index (χ0v) is 12.3. The fourth-order valence-electron chi connectivity index (χ4n) is 2.26. The zero-order valence-electron chi connectivity index (χ0n) is 11.4. The van der Waals surface area contributed by atoms with Gasteiger partial charge in [-0.15, -0.1) is 5.10 Å². The third kappa shape index (κ3) is 3.10. The number of carbonyl (C=O) groups is 2. The first kappa shape index (κ1) is 15.2. The van der Waals surface area contributed by atoms with Crippen LogP contribution in [0.15, 0.2) is 35.4 Å². The monoisotopic (exact) mass is 308 g/mol. The van der Waals surface area contributed by atoms with Gasteiger partial charge >= 0.3 is 6.09 Å². The second-order valence-electron chi connectivity index (χ2n) is 4.50. The molecular formula is C13H16N4O3S. The van der Waals surface area contributed by atoms with E-state index in [0.717, 1.165) is 5.56 Å². The lowest BCUT2D eigenvalue weighted by atomic mass is 10.0. The van der Waals surface area contributed by atoms with Crippen LogP contribution in [0.5, 0.6) is 0 Å². The number of nitrogens with two attached hydrogens (primary N) is 1. The zero-order chi connectivity index (χ0) is 15.5. The van der Waals surface area contributed by atoms with E-state index in [2.05, 4.69) is 10.4 Å². The Bertz CT molecular complexity index is 578. The summed E-state index contributed by atoms with van der Waals surface area (Å²) >= 11 is 1.25. The lowest BCUT2D eigenvalue weighted by Crippen LogP contribution is -2.42. The SMILES string of the molecule is CC(=O)N1N=C(N)SC1(CCNC(=O)O)c1ccccc1. The Kier molecular flexibility index (Phi) is 4.37. The van der Waals surface area contributed by atoms with Gasteiger partial charge in [-0.1, -0.05) is 42.1 Å². The number of thioether (sulfide) groups is 1. The molecule has 7 nitrogen and oxygen atoms in total. The quantitative estimate of drug-likeness (QED) is 0.777. The summed E-state index contributed by atoms with van der Waals surface area (Å²) < 4.78 is 0. The van der Waals surface area contributed by atoms with E-state index in [9.17, 15) is 9.59 Å². The summed E-state index contributed by atoms with van der Waals surface area (Å²) in [6.07, 6.45) is -0.748. The summed E-state index contributed by atoms with van der Waals surface area (Å²) in [5.41, 5.74) is 6.64. The highest BCUT2D eigenvalue weighted by atomic mass is 32.2. The third-order valence-electron chi connectivity index (χ3n) is 3.08. The van der Waals surface area contributed by atoms with Crippen molar-refractivity contribution in [2.24, 2.45) is 10.8 Å². The number of carbonyl (C=O) groups excluding carboxylic acids is 1. The van der Waals surface area contributed by atoms with Gasteiger partial charge < -0.3 is 16.2 Å². The highest BCUT2D eigenvalue weighted by Crippen LogP contribution is 2.47.